The van der Waals surface area contributed by atoms with Crippen molar-refractivity contribution in [3.63, 3.8) is 0 Å². The van der Waals surface area contributed by atoms with E-state index in [4.69, 9.17) is 4.74 Å². The minimum atomic E-state index is -0.477. The molecule has 0 bridgehead atoms. The first-order valence-corrected chi connectivity index (χ1v) is 7.29. The van der Waals surface area contributed by atoms with Crippen LogP contribution in [0.1, 0.15) is 37.5 Å². The van der Waals surface area contributed by atoms with E-state index in [1.54, 1.807) is 6.92 Å². The van der Waals surface area contributed by atoms with Gasteiger partial charge in [0.05, 0.1) is 12.7 Å². The highest BCUT2D eigenvalue weighted by Gasteiger charge is 2.09. The molecule has 0 saturated heterocycles. The average molecular weight is 254 g/mol. The van der Waals surface area contributed by atoms with Crippen LogP contribution in [0.2, 0.25) is 0 Å². The molecule has 1 atom stereocenters. The van der Waals surface area contributed by atoms with Crippen LogP contribution in [0.3, 0.4) is 0 Å². The molecule has 0 unspecified atom stereocenters. The molecule has 0 heterocycles. The van der Waals surface area contributed by atoms with Crippen molar-refractivity contribution in [3.05, 3.63) is 29.3 Å². The fraction of sp³-hybridized carbons (Fsp3) is 0.571. The summed E-state index contributed by atoms with van der Waals surface area (Å²) < 4.78 is 5.73. The van der Waals surface area contributed by atoms with Crippen LogP contribution in [0, 0.1) is 6.92 Å². The molecule has 96 valence electrons. The van der Waals surface area contributed by atoms with Gasteiger partial charge in [0.1, 0.15) is 5.75 Å². The molecule has 0 aromatic heterocycles. The van der Waals surface area contributed by atoms with Gasteiger partial charge in [0, 0.05) is 5.56 Å². The maximum Gasteiger partial charge on any atom is 0.125 e. The molecule has 0 saturated carbocycles. The number of rotatable bonds is 7. The predicted molar refractivity (Wildman–Crippen MR) is 74.9 cm³/mol. The average Bonchev–Trinajstić information content (AvgIpc) is 2.30. The highest BCUT2D eigenvalue weighted by atomic mass is 32.2. The topological polar surface area (TPSA) is 29.5 Å². The van der Waals surface area contributed by atoms with Crippen molar-refractivity contribution >= 4 is 11.8 Å². The Morgan fingerprint density at radius 1 is 1.41 bits per heavy atom. The van der Waals surface area contributed by atoms with E-state index in [1.165, 1.54) is 0 Å². The minimum Gasteiger partial charge on any atom is -0.493 e. The Kier molecular flexibility index (Phi) is 6.45. The molecule has 0 spiro atoms. The number of aliphatic hydroxyl groups excluding tert-OH is 1. The molecule has 3 heteroatoms. The van der Waals surface area contributed by atoms with Crippen molar-refractivity contribution in [2.75, 3.05) is 18.1 Å². The zero-order valence-corrected chi connectivity index (χ0v) is 11.7. The first-order valence-electron chi connectivity index (χ1n) is 6.14. The van der Waals surface area contributed by atoms with Crippen molar-refractivity contribution in [1.29, 1.82) is 0 Å². The smallest absolute Gasteiger partial charge is 0.125 e. The lowest BCUT2D eigenvalue weighted by atomic mass is 10.1. The molecule has 17 heavy (non-hydrogen) atoms. The molecule has 1 rings (SSSR count). The zero-order valence-electron chi connectivity index (χ0n) is 10.9. The summed E-state index contributed by atoms with van der Waals surface area (Å²) in [6.45, 7) is 6.68. The number of aliphatic hydroxyl groups is 1. The third-order valence-electron chi connectivity index (χ3n) is 2.51. The maximum absolute atomic E-state index is 9.69. The van der Waals surface area contributed by atoms with Crippen LogP contribution in [0.4, 0.5) is 0 Å². The third kappa shape index (κ3) is 5.00. The SMILES string of the molecule is CCSCCCOc1ccc(C)cc1[C@@H](C)O. The summed E-state index contributed by atoms with van der Waals surface area (Å²) in [5.74, 6) is 3.10. The molecule has 1 aromatic carbocycles. The van der Waals surface area contributed by atoms with Crippen molar-refractivity contribution < 1.29 is 9.84 Å². The summed E-state index contributed by atoms with van der Waals surface area (Å²) in [7, 11) is 0. The number of thioether (sulfide) groups is 1. The fourth-order valence-electron chi connectivity index (χ4n) is 1.61. The molecule has 1 aromatic rings. The van der Waals surface area contributed by atoms with Gasteiger partial charge >= 0.3 is 0 Å². The molecule has 0 aliphatic heterocycles. The number of ether oxygens (including phenoxy) is 1. The van der Waals surface area contributed by atoms with Crippen molar-refractivity contribution in [3.8, 4) is 5.75 Å². The van der Waals surface area contributed by atoms with Crippen LogP contribution < -0.4 is 4.74 Å². The number of hydrogen-bond donors (Lipinski definition) is 1. The molecule has 0 fully saturated rings. The summed E-state index contributed by atoms with van der Waals surface area (Å²) in [5, 5.41) is 9.69. The van der Waals surface area contributed by atoms with Gasteiger partial charge < -0.3 is 9.84 Å². The Morgan fingerprint density at radius 2 is 2.18 bits per heavy atom. The largest absolute Gasteiger partial charge is 0.493 e. The van der Waals surface area contributed by atoms with Crippen molar-refractivity contribution in [2.24, 2.45) is 0 Å². The Labute approximate surface area is 108 Å². The monoisotopic (exact) mass is 254 g/mol. The van der Waals surface area contributed by atoms with E-state index in [0.29, 0.717) is 0 Å². The number of hydrogen-bond acceptors (Lipinski definition) is 3. The molecular formula is C14H22O2S. The van der Waals surface area contributed by atoms with Crippen LogP contribution in [0.15, 0.2) is 18.2 Å². The standard InChI is InChI=1S/C14H22O2S/c1-4-17-9-5-8-16-14-7-6-11(2)10-13(14)12(3)15/h6-7,10,12,15H,4-5,8-9H2,1-3H3/t12-/m1/s1. The van der Waals surface area contributed by atoms with E-state index >= 15 is 0 Å². The summed E-state index contributed by atoms with van der Waals surface area (Å²) in [6.07, 6.45) is 0.570. The number of aryl methyl sites for hydroxylation is 1. The molecular weight excluding hydrogens is 232 g/mol. The molecule has 2 nitrogen and oxygen atoms in total. The fourth-order valence-corrected chi connectivity index (χ4v) is 2.22. The van der Waals surface area contributed by atoms with Crippen molar-refractivity contribution in [1.82, 2.24) is 0 Å². The third-order valence-corrected chi connectivity index (χ3v) is 3.50. The molecule has 0 amide bonds. The van der Waals surface area contributed by atoms with Crippen molar-refractivity contribution in [2.45, 2.75) is 33.3 Å². The lowest BCUT2D eigenvalue weighted by Crippen LogP contribution is -2.03. The summed E-state index contributed by atoms with van der Waals surface area (Å²) in [5.41, 5.74) is 2.03. The van der Waals surface area contributed by atoms with Crippen LogP contribution in [-0.4, -0.2) is 23.2 Å². The normalized spacial score (nSPS) is 12.5. The maximum atomic E-state index is 9.69. The van der Waals surface area contributed by atoms with Crippen LogP contribution >= 0.6 is 11.8 Å². The quantitative estimate of drug-likeness (QED) is 0.754. The first-order chi connectivity index (χ1) is 8.15. The second kappa shape index (κ2) is 7.62. The van der Waals surface area contributed by atoms with Crippen LogP contribution in [0.5, 0.6) is 5.75 Å². The van der Waals surface area contributed by atoms with Crippen LogP contribution in [0.25, 0.3) is 0 Å². The van der Waals surface area contributed by atoms with E-state index in [1.807, 2.05) is 36.9 Å². The van der Waals surface area contributed by atoms with Gasteiger partial charge in [-0.2, -0.15) is 11.8 Å². The molecule has 0 aliphatic carbocycles. The van der Waals surface area contributed by atoms with E-state index < -0.39 is 6.10 Å². The van der Waals surface area contributed by atoms with Gasteiger partial charge in [-0.25, -0.2) is 0 Å². The second-order valence-electron chi connectivity index (χ2n) is 4.12. The molecule has 0 aliphatic rings. The summed E-state index contributed by atoms with van der Waals surface area (Å²) in [4.78, 5) is 0. The highest BCUT2D eigenvalue weighted by Crippen LogP contribution is 2.26. The minimum absolute atomic E-state index is 0.477. The van der Waals surface area contributed by atoms with E-state index in [0.717, 1.165) is 41.4 Å². The lowest BCUT2D eigenvalue weighted by Gasteiger charge is -2.14. The Balaban J connectivity index is 2.52. The van der Waals surface area contributed by atoms with E-state index in [9.17, 15) is 5.11 Å². The van der Waals surface area contributed by atoms with Gasteiger partial charge in [0.15, 0.2) is 0 Å². The van der Waals surface area contributed by atoms with E-state index in [-0.39, 0.29) is 0 Å². The summed E-state index contributed by atoms with van der Waals surface area (Å²) in [6, 6.07) is 5.95. The second-order valence-corrected chi connectivity index (χ2v) is 5.51. The zero-order chi connectivity index (χ0) is 12.7. The van der Waals surface area contributed by atoms with Gasteiger partial charge in [0.2, 0.25) is 0 Å². The summed E-state index contributed by atoms with van der Waals surface area (Å²) >= 11 is 1.93. The van der Waals surface area contributed by atoms with Gasteiger partial charge in [-0.3, -0.25) is 0 Å². The molecule has 1 N–H and O–H groups in total. The predicted octanol–water partition coefficient (Wildman–Crippen LogP) is 3.57. The van der Waals surface area contributed by atoms with Crippen LogP contribution in [-0.2, 0) is 0 Å². The van der Waals surface area contributed by atoms with Gasteiger partial charge in [-0.05, 0) is 43.9 Å². The Morgan fingerprint density at radius 3 is 2.82 bits per heavy atom. The molecule has 0 radical (unpaired) electrons. The van der Waals surface area contributed by atoms with E-state index in [2.05, 4.69) is 6.92 Å². The Hall–Kier alpha value is -0.670. The number of benzene rings is 1. The highest BCUT2D eigenvalue weighted by molar-refractivity contribution is 7.99. The van der Waals surface area contributed by atoms with Gasteiger partial charge in [-0.15, -0.1) is 0 Å². The van der Waals surface area contributed by atoms with Gasteiger partial charge in [0.25, 0.3) is 0 Å². The first kappa shape index (κ1) is 14.4. The Bertz CT molecular complexity index is 337. The van der Waals surface area contributed by atoms with Gasteiger partial charge in [-0.1, -0.05) is 18.6 Å². The lowest BCUT2D eigenvalue weighted by molar-refractivity contribution is 0.191.